The van der Waals surface area contributed by atoms with E-state index in [2.05, 4.69) is 15.3 Å². The maximum absolute atomic E-state index is 12.7. The number of halogens is 3. The topological polar surface area (TPSA) is 54.9 Å². The molecule has 4 nitrogen and oxygen atoms in total. The lowest BCUT2D eigenvalue weighted by atomic mass is 10.1. The molecule has 28 heavy (non-hydrogen) atoms. The number of anilines is 1. The molecule has 2 aromatic heterocycles. The van der Waals surface area contributed by atoms with Gasteiger partial charge in [0.15, 0.2) is 5.13 Å². The van der Waals surface area contributed by atoms with Gasteiger partial charge in [-0.25, -0.2) is 9.97 Å². The number of rotatable bonds is 4. The van der Waals surface area contributed by atoms with Crippen LogP contribution in [0.15, 0.2) is 53.9 Å². The van der Waals surface area contributed by atoms with Crippen LogP contribution in [0.2, 0.25) is 0 Å². The number of aromatic nitrogens is 2. The molecule has 2 heterocycles. The average Bonchev–Trinajstić information content (AvgIpc) is 3.27. The van der Waals surface area contributed by atoms with Crippen molar-refractivity contribution in [2.75, 3.05) is 5.32 Å². The Morgan fingerprint density at radius 1 is 1.04 bits per heavy atom. The van der Waals surface area contributed by atoms with E-state index in [0.29, 0.717) is 21.4 Å². The summed E-state index contributed by atoms with van der Waals surface area (Å²) < 4.78 is 38.9. The highest BCUT2D eigenvalue weighted by Crippen LogP contribution is 2.32. The molecule has 0 bridgehead atoms. The third kappa shape index (κ3) is 4.05. The highest BCUT2D eigenvalue weighted by molar-refractivity contribution is 7.22. The van der Waals surface area contributed by atoms with E-state index in [0.717, 1.165) is 22.3 Å². The Morgan fingerprint density at radius 2 is 1.79 bits per heavy atom. The van der Waals surface area contributed by atoms with E-state index in [1.54, 1.807) is 5.38 Å². The summed E-state index contributed by atoms with van der Waals surface area (Å²) in [5, 5.41) is 5.57. The fourth-order valence-corrected chi connectivity index (χ4v) is 4.28. The number of nitrogens with one attached hydrogen (secondary N) is 1. The zero-order valence-electron chi connectivity index (χ0n) is 14.2. The van der Waals surface area contributed by atoms with E-state index in [-0.39, 0.29) is 12.3 Å². The van der Waals surface area contributed by atoms with E-state index >= 15 is 0 Å². The van der Waals surface area contributed by atoms with Crippen LogP contribution in [0.1, 0.15) is 11.3 Å². The van der Waals surface area contributed by atoms with Gasteiger partial charge in [-0.1, -0.05) is 35.6 Å². The molecule has 0 aliphatic carbocycles. The van der Waals surface area contributed by atoms with Gasteiger partial charge in [-0.3, -0.25) is 4.79 Å². The molecule has 0 spiro atoms. The van der Waals surface area contributed by atoms with Gasteiger partial charge in [-0.15, -0.1) is 11.3 Å². The van der Waals surface area contributed by atoms with Gasteiger partial charge < -0.3 is 5.32 Å². The van der Waals surface area contributed by atoms with E-state index < -0.39 is 11.7 Å². The Bertz CT molecular complexity index is 1100. The molecule has 9 heteroatoms. The lowest BCUT2D eigenvalue weighted by Crippen LogP contribution is -2.14. The Balaban J connectivity index is 1.43. The zero-order chi connectivity index (χ0) is 19.7. The van der Waals surface area contributed by atoms with Crippen molar-refractivity contribution in [3.63, 3.8) is 0 Å². The van der Waals surface area contributed by atoms with Gasteiger partial charge in [-0.2, -0.15) is 13.2 Å². The summed E-state index contributed by atoms with van der Waals surface area (Å²) in [4.78, 5) is 21.0. The number of hydrogen-bond donors (Lipinski definition) is 1. The van der Waals surface area contributed by atoms with E-state index in [1.165, 1.54) is 34.8 Å². The molecular formula is C19H12F3N3OS2. The van der Waals surface area contributed by atoms with Crippen molar-refractivity contribution in [1.82, 2.24) is 9.97 Å². The normalized spacial score (nSPS) is 11.7. The van der Waals surface area contributed by atoms with Gasteiger partial charge in [0.1, 0.15) is 5.01 Å². The number of thiazole rings is 2. The molecule has 0 aliphatic heterocycles. The number of benzene rings is 2. The second kappa shape index (κ2) is 7.33. The van der Waals surface area contributed by atoms with E-state index in [9.17, 15) is 18.0 Å². The van der Waals surface area contributed by atoms with Crippen molar-refractivity contribution in [3.05, 3.63) is 65.2 Å². The zero-order valence-corrected chi connectivity index (χ0v) is 15.8. The number of fused-ring (bicyclic) bond motifs is 1. The monoisotopic (exact) mass is 419 g/mol. The molecular weight excluding hydrogens is 407 g/mol. The summed E-state index contributed by atoms with van der Waals surface area (Å²) in [6.07, 6.45) is -4.31. The summed E-state index contributed by atoms with van der Waals surface area (Å²) in [5.74, 6) is -0.247. The van der Waals surface area contributed by atoms with Crippen LogP contribution < -0.4 is 5.32 Å². The molecule has 1 amide bonds. The fraction of sp³-hybridized carbons (Fsp3) is 0.105. The quantitative estimate of drug-likeness (QED) is 0.467. The van der Waals surface area contributed by atoms with Gasteiger partial charge in [0.2, 0.25) is 5.91 Å². The number of amides is 1. The molecule has 4 rings (SSSR count). The minimum absolute atomic E-state index is 0.0626. The first-order chi connectivity index (χ1) is 13.4. The summed E-state index contributed by atoms with van der Waals surface area (Å²) in [6.45, 7) is 0. The molecule has 0 fully saturated rings. The second-order valence-corrected chi connectivity index (χ2v) is 7.82. The number of carbonyl (C=O) groups is 1. The van der Waals surface area contributed by atoms with Crippen LogP contribution in [0.25, 0.3) is 20.8 Å². The smallest absolute Gasteiger partial charge is 0.302 e. The van der Waals surface area contributed by atoms with E-state index in [4.69, 9.17) is 0 Å². The Morgan fingerprint density at radius 3 is 2.50 bits per heavy atom. The molecule has 4 aromatic rings. The lowest BCUT2D eigenvalue weighted by molar-refractivity contribution is -0.137. The number of para-hydroxylation sites is 1. The standard InChI is InChI=1S/C19H12F3N3OS2/c20-19(21,22)12-7-5-11(6-8-12)17-23-13(10-27-17)9-16(26)25-18-24-14-3-1-2-4-15(14)28-18/h1-8,10H,9H2,(H,24,25,26). The van der Waals surface area contributed by atoms with Gasteiger partial charge >= 0.3 is 6.18 Å². The first kappa shape index (κ1) is 18.6. The first-order valence-corrected chi connectivity index (χ1v) is 9.85. The number of nitrogens with zero attached hydrogens (tertiary/aromatic N) is 2. The minimum Gasteiger partial charge on any atom is -0.302 e. The van der Waals surface area contributed by atoms with Crippen LogP contribution in [-0.4, -0.2) is 15.9 Å². The van der Waals surface area contributed by atoms with Crippen molar-refractivity contribution >= 4 is 43.9 Å². The molecule has 0 atom stereocenters. The maximum atomic E-state index is 12.7. The van der Waals surface area contributed by atoms with Crippen molar-refractivity contribution in [3.8, 4) is 10.6 Å². The highest BCUT2D eigenvalue weighted by atomic mass is 32.1. The lowest BCUT2D eigenvalue weighted by Gasteiger charge is -2.06. The van der Waals surface area contributed by atoms with Crippen LogP contribution in [0.3, 0.4) is 0 Å². The van der Waals surface area contributed by atoms with Crippen LogP contribution >= 0.6 is 22.7 Å². The van der Waals surface area contributed by atoms with Crippen LogP contribution in [0.4, 0.5) is 18.3 Å². The van der Waals surface area contributed by atoms with Crippen LogP contribution in [0, 0.1) is 0 Å². The molecule has 0 aliphatic rings. The number of hydrogen-bond acceptors (Lipinski definition) is 5. The largest absolute Gasteiger partial charge is 0.416 e. The molecule has 0 radical (unpaired) electrons. The Hall–Kier alpha value is -2.78. The molecule has 2 aromatic carbocycles. The Kier molecular flexibility index (Phi) is 4.86. The van der Waals surface area contributed by atoms with Crippen LogP contribution in [-0.2, 0) is 17.4 Å². The van der Waals surface area contributed by atoms with Gasteiger partial charge in [-0.05, 0) is 24.3 Å². The highest BCUT2D eigenvalue weighted by Gasteiger charge is 2.30. The van der Waals surface area contributed by atoms with Gasteiger partial charge in [0.05, 0.1) is 27.9 Å². The molecule has 1 N–H and O–H groups in total. The van der Waals surface area contributed by atoms with Gasteiger partial charge in [0, 0.05) is 10.9 Å². The average molecular weight is 419 g/mol. The Labute approximate surface area is 165 Å². The molecule has 0 saturated heterocycles. The minimum atomic E-state index is -4.37. The van der Waals surface area contributed by atoms with Crippen LogP contribution in [0.5, 0.6) is 0 Å². The predicted octanol–water partition coefficient (Wildman–Crippen LogP) is 5.62. The van der Waals surface area contributed by atoms with Crippen molar-refractivity contribution in [2.24, 2.45) is 0 Å². The molecule has 0 saturated carbocycles. The van der Waals surface area contributed by atoms with Gasteiger partial charge in [0.25, 0.3) is 0 Å². The van der Waals surface area contributed by atoms with Crippen molar-refractivity contribution < 1.29 is 18.0 Å². The summed E-state index contributed by atoms with van der Waals surface area (Å²) in [7, 11) is 0. The van der Waals surface area contributed by atoms with Crippen molar-refractivity contribution in [2.45, 2.75) is 12.6 Å². The second-order valence-electron chi connectivity index (χ2n) is 5.93. The maximum Gasteiger partial charge on any atom is 0.416 e. The molecule has 0 unspecified atom stereocenters. The summed E-state index contributed by atoms with van der Waals surface area (Å²) in [6, 6.07) is 12.4. The predicted molar refractivity (Wildman–Crippen MR) is 105 cm³/mol. The van der Waals surface area contributed by atoms with Crippen molar-refractivity contribution in [1.29, 1.82) is 0 Å². The molecule has 142 valence electrons. The third-order valence-corrected chi connectivity index (χ3v) is 5.78. The fourth-order valence-electron chi connectivity index (χ4n) is 2.58. The first-order valence-electron chi connectivity index (χ1n) is 8.16. The van der Waals surface area contributed by atoms with E-state index in [1.807, 2.05) is 24.3 Å². The number of carbonyl (C=O) groups excluding carboxylic acids is 1. The third-order valence-electron chi connectivity index (χ3n) is 3.89. The summed E-state index contributed by atoms with van der Waals surface area (Å²) >= 11 is 2.67. The number of alkyl halides is 3. The summed E-state index contributed by atoms with van der Waals surface area (Å²) in [5.41, 5.74) is 1.25. The SMILES string of the molecule is O=C(Cc1csc(-c2ccc(C(F)(F)F)cc2)n1)Nc1nc2ccccc2s1.